The van der Waals surface area contributed by atoms with Crippen molar-refractivity contribution in [1.82, 2.24) is 0 Å². The van der Waals surface area contributed by atoms with Gasteiger partial charge in [-0.2, -0.15) is 0 Å². The average molecular weight is 530 g/mol. The molecule has 0 N–H and O–H groups in total. The van der Waals surface area contributed by atoms with Gasteiger partial charge >= 0.3 is 0 Å². The molecule has 0 amide bonds. The van der Waals surface area contributed by atoms with Crippen molar-refractivity contribution in [3.8, 4) is 11.5 Å². The van der Waals surface area contributed by atoms with Gasteiger partial charge in [-0.3, -0.25) is 9.98 Å². The summed E-state index contributed by atoms with van der Waals surface area (Å²) in [6.45, 7) is 3.14. The minimum absolute atomic E-state index is 0. The largest absolute Gasteiger partial charge is 0.872 e. The van der Waals surface area contributed by atoms with E-state index < -0.39 is 0 Å². The summed E-state index contributed by atoms with van der Waals surface area (Å²) in [4.78, 5) is 8.42. The number of hydrogen-bond donors (Lipinski definition) is 0. The van der Waals surface area contributed by atoms with Crippen molar-refractivity contribution < 1.29 is 42.1 Å². The fraction of sp³-hybridized carbons (Fsp3) is 0.133. The van der Waals surface area contributed by atoms with Gasteiger partial charge in [0.05, 0.1) is 11.4 Å². The Hall–Kier alpha value is -3.55. The number of aliphatic imine (C=N–C) groups is 2. The maximum Gasteiger partial charge on any atom is 0.0629 e. The third-order valence-corrected chi connectivity index (χ3v) is 4.06. The summed E-state index contributed by atoms with van der Waals surface area (Å²) in [7, 11) is 0. The molecular weight excluding hydrogens is 500 g/mol. The zero-order valence-electron chi connectivity index (χ0n) is 21.0. The summed E-state index contributed by atoms with van der Waals surface area (Å²) in [5, 5.41) is 40.6. The van der Waals surface area contributed by atoms with Crippen LogP contribution in [0.15, 0.2) is 119 Å². The molecule has 0 fully saturated rings. The Balaban J connectivity index is 0.000000566. The molecule has 7 heteroatoms. The maximum atomic E-state index is 11.3. The standard InChI is InChI=1S/2C13H11NO.2C2H5O.Ti/c2*15-13-9-5-4-6-11(13)10-14-12-7-2-1-3-8-12;2*1-2-3;/h2*1-10,15H;2*2H2,1H3;/q;;2*-1;/p-2. The molecule has 0 aliphatic heterocycles. The topological polar surface area (TPSA) is 117 Å². The van der Waals surface area contributed by atoms with Gasteiger partial charge in [-0.25, -0.2) is 0 Å². The van der Waals surface area contributed by atoms with Crippen LogP contribution < -0.4 is 20.4 Å². The van der Waals surface area contributed by atoms with E-state index in [2.05, 4.69) is 9.98 Å². The Kier molecular flexibility index (Phi) is 19.6. The maximum absolute atomic E-state index is 11.3. The first-order valence-corrected chi connectivity index (χ1v) is 11.4. The number of rotatable bonds is 4. The molecule has 6 nitrogen and oxygen atoms in total. The normalized spacial score (nSPS) is 9.62. The zero-order chi connectivity index (χ0) is 26.4. The second-order valence-corrected chi connectivity index (χ2v) is 6.84. The molecule has 4 rings (SSSR count). The average Bonchev–Trinajstić information content (AvgIpc) is 2.90. The van der Waals surface area contributed by atoms with Crippen LogP contribution in [0, 0.1) is 0 Å². The first-order valence-electron chi connectivity index (χ1n) is 11.4. The Bertz CT molecular complexity index is 1060. The smallest absolute Gasteiger partial charge is 0.0629 e. The Morgan fingerprint density at radius 2 is 0.784 bits per heavy atom. The second-order valence-electron chi connectivity index (χ2n) is 6.84. The van der Waals surface area contributed by atoms with Gasteiger partial charge in [-0.05, 0) is 35.4 Å². The van der Waals surface area contributed by atoms with Gasteiger partial charge in [0.15, 0.2) is 0 Å². The van der Waals surface area contributed by atoms with Crippen molar-refractivity contribution in [3.05, 3.63) is 120 Å². The van der Waals surface area contributed by atoms with Crippen LogP contribution >= 0.6 is 0 Å². The number of nitrogens with zero attached hydrogens (tertiary/aromatic N) is 2. The zero-order valence-corrected chi connectivity index (χ0v) is 22.6. The summed E-state index contributed by atoms with van der Waals surface area (Å²) in [6, 6.07) is 32.8. The van der Waals surface area contributed by atoms with Crippen molar-refractivity contribution in [3.63, 3.8) is 0 Å². The van der Waals surface area contributed by atoms with Crippen LogP contribution in [0.4, 0.5) is 11.4 Å². The monoisotopic (exact) mass is 530 g/mol. The molecule has 0 aliphatic rings. The molecular formula is C30H30N2O4Ti-4. The predicted octanol–water partition coefficient (Wildman–Crippen LogP) is 3.75. The molecule has 4 aromatic carbocycles. The van der Waals surface area contributed by atoms with E-state index in [1.54, 1.807) is 50.5 Å². The van der Waals surface area contributed by atoms with Gasteiger partial charge in [0.25, 0.3) is 0 Å². The van der Waals surface area contributed by atoms with Gasteiger partial charge in [0.2, 0.25) is 0 Å². The van der Waals surface area contributed by atoms with Crippen molar-refractivity contribution in [2.24, 2.45) is 9.98 Å². The molecule has 0 unspecified atom stereocenters. The van der Waals surface area contributed by atoms with E-state index in [9.17, 15) is 10.2 Å². The SMILES string of the molecule is CC[O-].CC[O-].[O-]c1ccccc1C=Nc1ccccc1.[O-]c1ccccc1C=Nc1ccccc1.[Ti]. The van der Waals surface area contributed by atoms with Crippen molar-refractivity contribution in [1.29, 1.82) is 0 Å². The molecule has 4 aromatic rings. The van der Waals surface area contributed by atoms with Crippen LogP contribution in [-0.2, 0) is 21.7 Å². The Morgan fingerprint density at radius 3 is 1.08 bits per heavy atom. The predicted molar refractivity (Wildman–Crippen MR) is 140 cm³/mol. The molecule has 0 bridgehead atoms. The van der Waals surface area contributed by atoms with Gasteiger partial charge < -0.3 is 20.4 Å². The summed E-state index contributed by atoms with van der Waals surface area (Å²) < 4.78 is 0. The van der Waals surface area contributed by atoms with E-state index >= 15 is 0 Å². The van der Waals surface area contributed by atoms with Gasteiger partial charge in [0, 0.05) is 34.1 Å². The third-order valence-electron chi connectivity index (χ3n) is 4.06. The number of para-hydroxylation sites is 4. The molecule has 0 saturated heterocycles. The minimum atomic E-state index is -0.00261. The van der Waals surface area contributed by atoms with Gasteiger partial charge in [-0.15, -0.1) is 24.7 Å². The van der Waals surface area contributed by atoms with E-state index in [4.69, 9.17) is 10.2 Å². The molecule has 0 heterocycles. The minimum Gasteiger partial charge on any atom is -0.872 e. The van der Waals surface area contributed by atoms with Crippen molar-refractivity contribution in [2.75, 3.05) is 13.2 Å². The van der Waals surface area contributed by atoms with E-state index in [0.717, 1.165) is 11.4 Å². The first kappa shape index (κ1) is 33.5. The van der Waals surface area contributed by atoms with Crippen LogP contribution in [0.2, 0.25) is 0 Å². The quantitative estimate of drug-likeness (QED) is 0.295. The summed E-state index contributed by atoms with van der Waals surface area (Å²) in [6.07, 6.45) is 3.19. The van der Waals surface area contributed by atoms with Crippen molar-refractivity contribution in [2.45, 2.75) is 13.8 Å². The fourth-order valence-corrected chi connectivity index (χ4v) is 2.49. The molecule has 0 atom stereocenters. The summed E-state index contributed by atoms with van der Waals surface area (Å²) in [5.41, 5.74) is 2.92. The van der Waals surface area contributed by atoms with Crippen LogP contribution in [0.1, 0.15) is 25.0 Å². The number of benzene rings is 4. The van der Waals surface area contributed by atoms with E-state index in [-0.39, 0.29) is 46.4 Å². The molecule has 37 heavy (non-hydrogen) atoms. The van der Waals surface area contributed by atoms with Gasteiger partial charge in [0.1, 0.15) is 0 Å². The Morgan fingerprint density at radius 1 is 0.514 bits per heavy atom. The molecule has 0 aliphatic carbocycles. The molecule has 192 valence electrons. The van der Waals surface area contributed by atoms with Crippen LogP contribution in [0.3, 0.4) is 0 Å². The molecule has 0 spiro atoms. The summed E-state index contributed by atoms with van der Waals surface area (Å²) >= 11 is 0. The fourth-order valence-electron chi connectivity index (χ4n) is 2.49. The molecule has 0 aromatic heterocycles. The van der Waals surface area contributed by atoms with E-state index in [1.165, 1.54) is 12.1 Å². The van der Waals surface area contributed by atoms with Crippen LogP contribution in [0.25, 0.3) is 0 Å². The van der Waals surface area contributed by atoms with Crippen molar-refractivity contribution >= 4 is 23.8 Å². The number of hydrogen-bond acceptors (Lipinski definition) is 6. The van der Waals surface area contributed by atoms with Crippen LogP contribution in [0.5, 0.6) is 11.5 Å². The van der Waals surface area contributed by atoms with E-state index in [1.807, 2.05) is 72.8 Å². The summed E-state index contributed by atoms with van der Waals surface area (Å²) in [5.74, 6) is -0.00522. The second kappa shape index (κ2) is 21.7. The van der Waals surface area contributed by atoms with Gasteiger partial charge in [-0.1, -0.05) is 98.8 Å². The third kappa shape index (κ3) is 15.2. The Labute approximate surface area is 234 Å². The van der Waals surface area contributed by atoms with E-state index in [0.29, 0.717) is 11.1 Å². The molecule has 0 radical (unpaired) electrons. The molecule has 0 saturated carbocycles. The van der Waals surface area contributed by atoms with Crippen LogP contribution in [-0.4, -0.2) is 25.6 Å². The first-order chi connectivity index (χ1) is 17.5.